The number of hydrogen-bond donors (Lipinski definition) is 2. The van der Waals surface area contributed by atoms with Crippen molar-refractivity contribution >= 4 is 6.03 Å². The molecule has 0 fully saturated rings. The van der Waals surface area contributed by atoms with Crippen LogP contribution in [0.4, 0.5) is 9.18 Å². The minimum atomic E-state index is -0.440. The first kappa shape index (κ1) is 16.5. The summed E-state index contributed by atoms with van der Waals surface area (Å²) >= 11 is 0. The highest BCUT2D eigenvalue weighted by Gasteiger charge is 2.23. The first-order valence-electron chi connectivity index (χ1n) is 7.59. The molecule has 6 heteroatoms. The van der Waals surface area contributed by atoms with Crippen LogP contribution in [0.15, 0.2) is 18.2 Å². The number of halogens is 1. The summed E-state index contributed by atoms with van der Waals surface area (Å²) in [4.78, 5) is 13.8. The van der Waals surface area contributed by atoms with E-state index in [9.17, 15) is 14.3 Å². The molecule has 0 aromatic heterocycles. The molecule has 2 N–H and O–H groups in total. The van der Waals surface area contributed by atoms with Gasteiger partial charge in [0.25, 0.3) is 0 Å². The fraction of sp³-hybridized carbons (Fsp3) is 0.562. The number of carbonyl (C=O) groups excluding carboxylic acids is 1. The Kier molecular flexibility index (Phi) is 5.60. The van der Waals surface area contributed by atoms with Crippen molar-refractivity contribution in [1.29, 1.82) is 0 Å². The molecule has 1 heterocycles. The van der Waals surface area contributed by atoms with E-state index in [4.69, 9.17) is 4.74 Å². The van der Waals surface area contributed by atoms with Gasteiger partial charge in [-0.05, 0) is 32.3 Å². The molecule has 0 bridgehead atoms. The molecule has 2 atom stereocenters. The van der Waals surface area contributed by atoms with E-state index in [0.29, 0.717) is 25.3 Å². The maximum absolute atomic E-state index is 13.3. The summed E-state index contributed by atoms with van der Waals surface area (Å²) in [5.41, 5.74) is 0.802. The van der Waals surface area contributed by atoms with Crippen LogP contribution >= 0.6 is 0 Å². The number of hydrogen-bond acceptors (Lipinski definition) is 3. The minimum Gasteiger partial charge on any atom is -0.493 e. The quantitative estimate of drug-likeness (QED) is 0.898. The second-order valence-electron chi connectivity index (χ2n) is 5.73. The third kappa shape index (κ3) is 4.34. The molecule has 0 spiro atoms. The Hall–Kier alpha value is -1.82. The smallest absolute Gasteiger partial charge is 0.317 e. The van der Waals surface area contributed by atoms with E-state index in [-0.39, 0.29) is 17.9 Å². The maximum Gasteiger partial charge on any atom is 0.317 e. The lowest BCUT2D eigenvalue weighted by molar-refractivity contribution is 0.162. The van der Waals surface area contributed by atoms with Crippen molar-refractivity contribution in [3.05, 3.63) is 29.6 Å². The van der Waals surface area contributed by atoms with Gasteiger partial charge in [-0.25, -0.2) is 9.18 Å². The van der Waals surface area contributed by atoms with Gasteiger partial charge in [0, 0.05) is 25.2 Å². The van der Waals surface area contributed by atoms with Crippen molar-refractivity contribution in [2.75, 3.05) is 20.2 Å². The predicted octanol–water partition coefficient (Wildman–Crippen LogP) is 2.45. The molecule has 1 aliphatic heterocycles. The second-order valence-corrected chi connectivity index (χ2v) is 5.73. The molecule has 2 amide bonds. The van der Waals surface area contributed by atoms with Crippen molar-refractivity contribution in [2.24, 2.45) is 0 Å². The minimum absolute atomic E-state index is 0.195. The number of nitrogens with zero attached hydrogens (tertiary/aromatic N) is 1. The van der Waals surface area contributed by atoms with Crippen molar-refractivity contribution in [3.63, 3.8) is 0 Å². The Morgan fingerprint density at radius 3 is 3.09 bits per heavy atom. The van der Waals surface area contributed by atoms with Crippen molar-refractivity contribution in [1.82, 2.24) is 10.2 Å². The molecule has 2 rings (SSSR count). The van der Waals surface area contributed by atoms with Gasteiger partial charge < -0.3 is 20.1 Å². The number of urea groups is 1. The number of carbonyl (C=O) groups is 1. The molecule has 1 aromatic carbocycles. The Bertz CT molecular complexity index is 522. The summed E-state index contributed by atoms with van der Waals surface area (Å²) in [7, 11) is 1.69. The Balaban J connectivity index is 2.04. The van der Waals surface area contributed by atoms with E-state index < -0.39 is 6.10 Å². The third-order valence-electron chi connectivity index (χ3n) is 3.77. The summed E-state index contributed by atoms with van der Waals surface area (Å²) in [6.07, 6.45) is 1.62. The van der Waals surface area contributed by atoms with Crippen LogP contribution in [0.3, 0.4) is 0 Å². The van der Waals surface area contributed by atoms with Crippen LogP contribution in [0, 0.1) is 5.82 Å². The van der Waals surface area contributed by atoms with Gasteiger partial charge in [0.05, 0.1) is 18.8 Å². The number of aliphatic hydroxyl groups excluding tert-OH is 1. The topological polar surface area (TPSA) is 61.8 Å². The lowest BCUT2D eigenvalue weighted by Gasteiger charge is -2.24. The number of nitrogens with one attached hydrogen (secondary N) is 1. The number of fused-ring (bicyclic) bond motifs is 1. The van der Waals surface area contributed by atoms with Crippen LogP contribution in [-0.2, 0) is 0 Å². The summed E-state index contributed by atoms with van der Waals surface area (Å²) in [6.45, 7) is 2.68. The predicted molar refractivity (Wildman–Crippen MR) is 81.3 cm³/mol. The van der Waals surface area contributed by atoms with Crippen molar-refractivity contribution < 1.29 is 19.0 Å². The van der Waals surface area contributed by atoms with Gasteiger partial charge in [-0.15, -0.1) is 0 Å². The lowest BCUT2D eigenvalue weighted by atomic mass is 10.0. The molecule has 0 saturated carbocycles. The standard InChI is InChI=1S/C16H23FN2O3/c1-11(20)7-8-19(2)16(21)18-14-4-3-9-22-15-10-12(17)5-6-13(14)15/h5-6,10-11,14,20H,3-4,7-9H2,1-2H3,(H,18,21). The van der Waals surface area contributed by atoms with Gasteiger partial charge in [0.15, 0.2) is 0 Å². The number of ether oxygens (including phenoxy) is 1. The second kappa shape index (κ2) is 7.45. The summed E-state index contributed by atoms with van der Waals surface area (Å²) in [6, 6.07) is 4.00. The zero-order valence-corrected chi connectivity index (χ0v) is 13.0. The highest BCUT2D eigenvalue weighted by Crippen LogP contribution is 2.32. The summed E-state index contributed by atoms with van der Waals surface area (Å²) < 4.78 is 18.9. The zero-order valence-electron chi connectivity index (χ0n) is 13.0. The zero-order chi connectivity index (χ0) is 16.1. The van der Waals surface area contributed by atoms with Crippen LogP contribution in [0.1, 0.15) is 37.8 Å². The average molecular weight is 310 g/mol. The first-order valence-corrected chi connectivity index (χ1v) is 7.59. The van der Waals surface area contributed by atoms with Crippen LogP contribution in [0.25, 0.3) is 0 Å². The molecule has 0 radical (unpaired) electrons. The molecule has 22 heavy (non-hydrogen) atoms. The monoisotopic (exact) mass is 310 g/mol. The van der Waals surface area contributed by atoms with E-state index in [1.165, 1.54) is 12.1 Å². The van der Waals surface area contributed by atoms with Gasteiger partial charge in [-0.1, -0.05) is 6.07 Å². The molecule has 0 aliphatic carbocycles. The molecule has 1 aromatic rings. The van der Waals surface area contributed by atoms with Gasteiger partial charge in [-0.2, -0.15) is 0 Å². The first-order chi connectivity index (χ1) is 10.5. The average Bonchev–Trinajstić information content (AvgIpc) is 2.66. The molecule has 5 nitrogen and oxygen atoms in total. The number of amides is 2. The lowest BCUT2D eigenvalue weighted by Crippen LogP contribution is -2.40. The fourth-order valence-corrected chi connectivity index (χ4v) is 2.44. The van der Waals surface area contributed by atoms with Gasteiger partial charge in [-0.3, -0.25) is 0 Å². The maximum atomic E-state index is 13.3. The van der Waals surface area contributed by atoms with Crippen LogP contribution < -0.4 is 10.1 Å². The highest BCUT2D eigenvalue weighted by atomic mass is 19.1. The Morgan fingerprint density at radius 2 is 2.36 bits per heavy atom. The largest absolute Gasteiger partial charge is 0.493 e. The summed E-state index contributed by atoms with van der Waals surface area (Å²) in [5.74, 6) is 0.147. The molecular weight excluding hydrogens is 287 g/mol. The van der Waals surface area contributed by atoms with E-state index in [1.54, 1.807) is 24.9 Å². The van der Waals surface area contributed by atoms with E-state index in [2.05, 4.69) is 5.32 Å². The van der Waals surface area contributed by atoms with Gasteiger partial charge >= 0.3 is 6.03 Å². The van der Waals surface area contributed by atoms with Gasteiger partial charge in [0.1, 0.15) is 11.6 Å². The normalized spacial score (nSPS) is 18.6. The Morgan fingerprint density at radius 1 is 1.59 bits per heavy atom. The van der Waals surface area contributed by atoms with E-state index in [0.717, 1.165) is 18.4 Å². The fourth-order valence-electron chi connectivity index (χ4n) is 2.44. The molecule has 1 aliphatic rings. The number of benzene rings is 1. The summed E-state index contributed by atoms with van der Waals surface area (Å²) in [5, 5.41) is 12.2. The van der Waals surface area contributed by atoms with Crippen LogP contribution in [0.2, 0.25) is 0 Å². The number of aliphatic hydroxyl groups is 1. The van der Waals surface area contributed by atoms with E-state index >= 15 is 0 Å². The van der Waals surface area contributed by atoms with Crippen LogP contribution in [-0.4, -0.2) is 42.3 Å². The van der Waals surface area contributed by atoms with E-state index in [1.807, 2.05) is 0 Å². The Labute approximate surface area is 130 Å². The third-order valence-corrected chi connectivity index (χ3v) is 3.77. The molecular formula is C16H23FN2O3. The molecule has 122 valence electrons. The van der Waals surface area contributed by atoms with Crippen molar-refractivity contribution in [2.45, 2.75) is 38.3 Å². The van der Waals surface area contributed by atoms with Crippen molar-refractivity contribution in [3.8, 4) is 5.75 Å². The van der Waals surface area contributed by atoms with Gasteiger partial charge in [0.2, 0.25) is 0 Å². The number of rotatable bonds is 4. The molecule has 0 saturated heterocycles. The highest BCUT2D eigenvalue weighted by molar-refractivity contribution is 5.74. The molecule has 2 unspecified atom stereocenters. The van der Waals surface area contributed by atoms with Crippen LogP contribution in [0.5, 0.6) is 5.75 Å². The SMILES string of the molecule is CC(O)CCN(C)C(=O)NC1CCCOc2cc(F)ccc21.